The summed E-state index contributed by atoms with van der Waals surface area (Å²) in [5, 5.41) is 2.59. The fourth-order valence-corrected chi connectivity index (χ4v) is 0.568. The van der Waals surface area contributed by atoms with Gasteiger partial charge < -0.3 is 5.32 Å². The minimum Gasteiger partial charge on any atom is -0.306 e. The number of nitrogens with zero attached hydrogens (tertiary/aromatic N) is 2. The monoisotopic (exact) mass is 111 g/mol. The van der Waals surface area contributed by atoms with E-state index in [1.54, 1.807) is 0 Å². The van der Waals surface area contributed by atoms with Crippen LogP contribution in [0.5, 0.6) is 0 Å². The van der Waals surface area contributed by atoms with Gasteiger partial charge in [-0.25, -0.2) is 9.37 Å². The van der Waals surface area contributed by atoms with Gasteiger partial charge in [0, 0.05) is 0 Å². The van der Waals surface area contributed by atoms with E-state index in [4.69, 9.17) is 0 Å². The van der Waals surface area contributed by atoms with Crippen molar-refractivity contribution in [2.24, 2.45) is 0 Å². The Morgan fingerprint density at radius 1 is 1.62 bits per heavy atom. The molecule has 0 radical (unpaired) electrons. The zero-order valence-electron chi connectivity index (χ0n) is 3.85. The number of aromatic nitrogens is 2. The summed E-state index contributed by atoms with van der Waals surface area (Å²) in [6.07, 6.45) is 1.15. The molecule has 4 heteroatoms. The number of nitrogens with one attached hydrogen (secondary N) is 1. The first-order valence-electron chi connectivity index (χ1n) is 2.16. The Morgan fingerprint density at radius 2 is 2.38 bits per heavy atom. The van der Waals surface area contributed by atoms with E-state index >= 15 is 0 Å². The van der Waals surface area contributed by atoms with Crippen LogP contribution in [0.4, 0.5) is 16.2 Å². The molecule has 1 aromatic heterocycles. The molecule has 0 fully saturated rings. The van der Waals surface area contributed by atoms with Gasteiger partial charge in [0.05, 0.1) is 6.20 Å². The van der Waals surface area contributed by atoms with E-state index in [0.717, 1.165) is 6.20 Å². The summed E-state index contributed by atoms with van der Waals surface area (Å²) in [6.45, 7) is 0. The van der Waals surface area contributed by atoms with Crippen LogP contribution in [-0.4, -0.2) is 9.97 Å². The van der Waals surface area contributed by atoms with Crippen molar-refractivity contribution in [3.63, 3.8) is 0 Å². The highest BCUT2D eigenvalue weighted by molar-refractivity contribution is 5.58. The molecule has 0 aliphatic carbocycles. The van der Waals surface area contributed by atoms with E-state index in [9.17, 15) is 4.39 Å². The summed E-state index contributed by atoms with van der Waals surface area (Å²) < 4.78 is 12.2. The third-order valence-electron chi connectivity index (χ3n) is 0.974. The molecule has 2 bridgehead atoms. The zero-order valence-corrected chi connectivity index (χ0v) is 3.85. The van der Waals surface area contributed by atoms with E-state index in [2.05, 4.69) is 15.3 Å². The molecule has 1 aromatic rings. The summed E-state index contributed by atoms with van der Waals surface area (Å²) in [7, 11) is 0. The second kappa shape index (κ2) is 0.964. The highest BCUT2D eigenvalue weighted by Gasteiger charge is 2.15. The lowest BCUT2D eigenvalue weighted by Gasteiger charge is -2.12. The molecule has 8 heavy (non-hydrogen) atoms. The summed E-state index contributed by atoms with van der Waals surface area (Å²) in [5.41, 5.74) is 0. The van der Waals surface area contributed by atoms with Gasteiger partial charge in [0.1, 0.15) is 0 Å². The van der Waals surface area contributed by atoms with Crippen molar-refractivity contribution >= 4 is 11.8 Å². The predicted octanol–water partition coefficient (Wildman–Crippen LogP) is 0.673. The quantitative estimate of drug-likeness (QED) is 0.543. The number of hydrogen-bond donors (Lipinski definition) is 1. The number of halogens is 1. The van der Waals surface area contributed by atoms with Crippen LogP contribution in [0.15, 0.2) is 6.20 Å². The molecule has 0 saturated heterocycles. The van der Waals surface area contributed by atoms with Crippen LogP contribution in [0.1, 0.15) is 0 Å². The lowest BCUT2D eigenvalue weighted by molar-refractivity contribution is 0.612. The average Bonchev–Trinajstić information content (AvgIpc) is 1.62. The summed E-state index contributed by atoms with van der Waals surface area (Å²) in [4.78, 5) is 7.18. The smallest absolute Gasteiger partial charge is 0.230 e. The molecular formula is C4H2FN3. The van der Waals surface area contributed by atoms with Crippen molar-refractivity contribution in [1.29, 1.82) is 0 Å². The fraction of sp³-hybridized carbons (Fsp3) is 0. The maximum Gasteiger partial charge on any atom is 0.230 e. The van der Waals surface area contributed by atoms with E-state index in [1.165, 1.54) is 0 Å². The topological polar surface area (TPSA) is 37.8 Å². The zero-order chi connectivity index (χ0) is 5.56. The van der Waals surface area contributed by atoms with Gasteiger partial charge in [0.25, 0.3) is 0 Å². The van der Waals surface area contributed by atoms with Crippen molar-refractivity contribution in [2.45, 2.75) is 0 Å². The Balaban J connectivity index is 2.72. The van der Waals surface area contributed by atoms with Gasteiger partial charge in [0.2, 0.25) is 5.95 Å². The molecule has 0 atom stereocenters. The largest absolute Gasteiger partial charge is 0.306 e. The molecule has 0 saturated carbocycles. The first kappa shape index (κ1) is 3.77. The molecule has 0 spiro atoms. The van der Waals surface area contributed by atoms with Crippen LogP contribution in [-0.2, 0) is 0 Å². The van der Waals surface area contributed by atoms with E-state index < -0.39 is 0 Å². The molecule has 0 unspecified atom stereocenters. The van der Waals surface area contributed by atoms with Crippen molar-refractivity contribution in [1.82, 2.24) is 9.97 Å². The van der Waals surface area contributed by atoms with E-state index in [-0.39, 0.29) is 5.82 Å². The molecule has 3 heterocycles. The van der Waals surface area contributed by atoms with Gasteiger partial charge in [-0.3, -0.25) is 0 Å². The van der Waals surface area contributed by atoms with Gasteiger partial charge >= 0.3 is 0 Å². The van der Waals surface area contributed by atoms with E-state index in [0.29, 0.717) is 11.8 Å². The number of fused-ring (bicyclic) bond motifs is 2. The molecule has 0 aromatic carbocycles. The van der Waals surface area contributed by atoms with Crippen LogP contribution < -0.4 is 5.32 Å². The Labute approximate surface area is 44.6 Å². The minimum atomic E-state index is -0.389. The van der Waals surface area contributed by atoms with Crippen molar-refractivity contribution in [3.05, 3.63) is 12.0 Å². The molecular weight excluding hydrogens is 109 g/mol. The maximum atomic E-state index is 12.2. The Hall–Kier alpha value is -1.19. The third-order valence-corrected chi connectivity index (χ3v) is 0.974. The standard InChI is InChI=1S/C4H2FN3/c5-2-1-6-4-7-3(2)8-4/h1H,(H,6,7,8). The molecule has 40 valence electrons. The predicted molar refractivity (Wildman–Crippen MR) is 25.3 cm³/mol. The van der Waals surface area contributed by atoms with Gasteiger partial charge in [-0.05, 0) is 0 Å². The summed E-state index contributed by atoms with van der Waals surface area (Å²) in [6, 6.07) is 0. The molecule has 3 nitrogen and oxygen atoms in total. The summed E-state index contributed by atoms with van der Waals surface area (Å²) in [5.74, 6) is 0.413. The first-order valence-corrected chi connectivity index (χ1v) is 2.16. The SMILES string of the molecule is Fc1cnc2nc1N2. The molecule has 3 rings (SSSR count). The number of hydrogen-bond acceptors (Lipinski definition) is 3. The summed E-state index contributed by atoms with van der Waals surface area (Å²) >= 11 is 0. The lowest BCUT2D eigenvalue weighted by Crippen LogP contribution is -2.11. The van der Waals surface area contributed by atoms with E-state index in [1.807, 2.05) is 0 Å². The van der Waals surface area contributed by atoms with Crippen LogP contribution in [0.3, 0.4) is 0 Å². The van der Waals surface area contributed by atoms with Gasteiger partial charge in [-0.2, -0.15) is 4.98 Å². The third kappa shape index (κ3) is 0.279. The van der Waals surface area contributed by atoms with Crippen molar-refractivity contribution in [3.8, 4) is 0 Å². The van der Waals surface area contributed by atoms with Crippen LogP contribution >= 0.6 is 0 Å². The average molecular weight is 111 g/mol. The fourth-order valence-electron chi connectivity index (χ4n) is 0.568. The maximum absolute atomic E-state index is 12.2. The van der Waals surface area contributed by atoms with Gasteiger partial charge in [0.15, 0.2) is 11.6 Å². The van der Waals surface area contributed by atoms with Crippen LogP contribution in [0.2, 0.25) is 0 Å². The second-order valence-electron chi connectivity index (χ2n) is 1.52. The minimum absolute atomic E-state index is 0.301. The highest BCUT2D eigenvalue weighted by Crippen LogP contribution is 2.22. The highest BCUT2D eigenvalue weighted by atomic mass is 19.1. The van der Waals surface area contributed by atoms with Crippen molar-refractivity contribution < 1.29 is 4.39 Å². The normalized spacial score (nSPS) is 12.1. The Morgan fingerprint density at radius 3 is 2.62 bits per heavy atom. The molecule has 1 N–H and O–H groups in total. The van der Waals surface area contributed by atoms with Crippen LogP contribution in [0, 0.1) is 5.82 Å². The lowest BCUT2D eigenvalue weighted by atomic mass is 10.5. The molecule has 2 aliphatic heterocycles. The van der Waals surface area contributed by atoms with Gasteiger partial charge in [-0.15, -0.1) is 0 Å². The molecule has 0 amide bonds. The van der Waals surface area contributed by atoms with Crippen molar-refractivity contribution in [2.75, 3.05) is 5.32 Å². The van der Waals surface area contributed by atoms with Gasteiger partial charge in [-0.1, -0.05) is 0 Å². The Bertz CT molecular complexity index is 226. The number of anilines is 2. The Kier molecular flexibility index (Phi) is 0.454. The molecule has 2 aliphatic rings. The first-order chi connectivity index (χ1) is 3.86. The number of rotatable bonds is 0. The second-order valence-corrected chi connectivity index (χ2v) is 1.52. The van der Waals surface area contributed by atoms with Crippen LogP contribution in [0.25, 0.3) is 0 Å².